The Balaban J connectivity index is 2.17. The van der Waals surface area contributed by atoms with Gasteiger partial charge in [0.05, 0.1) is 0 Å². The SMILES string of the molecule is O=C(O)c1ccc(S(=O)(=O)NCc2cc(F)ccc2Br)s1. The Labute approximate surface area is 132 Å². The molecule has 0 aliphatic carbocycles. The van der Waals surface area contributed by atoms with Gasteiger partial charge in [0.1, 0.15) is 14.9 Å². The summed E-state index contributed by atoms with van der Waals surface area (Å²) >= 11 is 3.86. The molecule has 1 aromatic carbocycles. The second kappa shape index (κ2) is 6.22. The Hall–Kier alpha value is -1.29. The largest absolute Gasteiger partial charge is 0.477 e. The van der Waals surface area contributed by atoms with Gasteiger partial charge >= 0.3 is 5.97 Å². The average Bonchev–Trinajstić information content (AvgIpc) is 2.90. The van der Waals surface area contributed by atoms with E-state index in [1.54, 1.807) is 0 Å². The molecule has 2 aromatic rings. The molecular weight excluding hydrogens is 385 g/mol. The van der Waals surface area contributed by atoms with Gasteiger partial charge in [0, 0.05) is 11.0 Å². The Bertz CT molecular complexity index is 788. The summed E-state index contributed by atoms with van der Waals surface area (Å²) in [7, 11) is -3.84. The van der Waals surface area contributed by atoms with Crippen LogP contribution in [0.1, 0.15) is 15.2 Å². The van der Waals surface area contributed by atoms with Gasteiger partial charge in [-0.15, -0.1) is 11.3 Å². The standard InChI is InChI=1S/C12H9BrFNO4S2/c13-9-2-1-8(14)5-7(9)6-15-21(18,19)11-4-3-10(20-11)12(16)17/h1-5,15H,6H2,(H,16,17). The van der Waals surface area contributed by atoms with E-state index in [2.05, 4.69) is 20.7 Å². The first-order valence-electron chi connectivity index (χ1n) is 5.56. The predicted octanol–water partition coefficient (Wildman–Crippen LogP) is 2.83. The smallest absolute Gasteiger partial charge is 0.345 e. The maximum Gasteiger partial charge on any atom is 0.345 e. The fourth-order valence-corrected chi connectivity index (χ4v) is 4.09. The molecule has 0 aliphatic heterocycles. The van der Waals surface area contributed by atoms with Gasteiger partial charge in [-0.2, -0.15) is 0 Å². The van der Waals surface area contributed by atoms with Gasteiger partial charge in [0.25, 0.3) is 0 Å². The van der Waals surface area contributed by atoms with Crippen molar-refractivity contribution in [3.8, 4) is 0 Å². The molecule has 0 aliphatic rings. The van der Waals surface area contributed by atoms with Crippen molar-refractivity contribution in [3.05, 3.63) is 51.1 Å². The second-order valence-corrected chi connectivity index (χ2v) is 7.92. The van der Waals surface area contributed by atoms with Crippen molar-refractivity contribution >= 4 is 43.3 Å². The first kappa shape index (κ1) is 16.1. The molecule has 2 rings (SSSR count). The molecule has 0 bridgehead atoms. The summed E-state index contributed by atoms with van der Waals surface area (Å²) in [5, 5.41) is 8.79. The van der Waals surface area contributed by atoms with Crippen LogP contribution < -0.4 is 4.72 Å². The molecule has 112 valence electrons. The summed E-state index contributed by atoms with van der Waals surface area (Å²) in [6.07, 6.45) is 0. The van der Waals surface area contributed by atoms with Crippen LogP contribution in [-0.2, 0) is 16.6 Å². The van der Waals surface area contributed by atoms with E-state index >= 15 is 0 Å². The zero-order valence-corrected chi connectivity index (χ0v) is 13.6. The van der Waals surface area contributed by atoms with Gasteiger partial charge in [0.15, 0.2) is 0 Å². The molecular formula is C12H9BrFNO4S2. The van der Waals surface area contributed by atoms with Crippen LogP contribution in [0.2, 0.25) is 0 Å². The summed E-state index contributed by atoms with van der Waals surface area (Å²) < 4.78 is 40.0. The van der Waals surface area contributed by atoms with E-state index in [0.29, 0.717) is 21.4 Å². The molecule has 0 amide bonds. The van der Waals surface area contributed by atoms with Crippen molar-refractivity contribution in [2.75, 3.05) is 0 Å². The minimum Gasteiger partial charge on any atom is -0.477 e. The van der Waals surface area contributed by atoms with Crippen molar-refractivity contribution in [1.29, 1.82) is 0 Å². The van der Waals surface area contributed by atoms with Gasteiger partial charge in [0.2, 0.25) is 10.0 Å². The average molecular weight is 394 g/mol. The van der Waals surface area contributed by atoms with E-state index in [1.807, 2.05) is 0 Å². The number of nitrogens with one attached hydrogen (secondary N) is 1. The van der Waals surface area contributed by atoms with Crippen molar-refractivity contribution < 1.29 is 22.7 Å². The van der Waals surface area contributed by atoms with Crippen LogP contribution >= 0.6 is 27.3 Å². The minimum absolute atomic E-state index is 0.0673. The number of benzene rings is 1. The van der Waals surface area contributed by atoms with Gasteiger partial charge < -0.3 is 5.11 Å². The molecule has 1 heterocycles. The third-order valence-electron chi connectivity index (χ3n) is 2.52. The van der Waals surface area contributed by atoms with Crippen LogP contribution in [0.4, 0.5) is 4.39 Å². The van der Waals surface area contributed by atoms with Crippen LogP contribution in [0.5, 0.6) is 0 Å². The highest BCUT2D eigenvalue weighted by atomic mass is 79.9. The first-order chi connectivity index (χ1) is 9.79. The molecule has 0 fully saturated rings. The molecule has 21 heavy (non-hydrogen) atoms. The van der Waals surface area contributed by atoms with Crippen molar-refractivity contribution in [3.63, 3.8) is 0 Å². The van der Waals surface area contributed by atoms with Crippen molar-refractivity contribution in [2.24, 2.45) is 0 Å². The van der Waals surface area contributed by atoms with E-state index in [9.17, 15) is 17.6 Å². The maximum absolute atomic E-state index is 13.1. The number of halogens is 2. The van der Waals surface area contributed by atoms with E-state index in [0.717, 1.165) is 0 Å². The van der Waals surface area contributed by atoms with Gasteiger partial charge in [-0.05, 0) is 35.9 Å². The lowest BCUT2D eigenvalue weighted by Gasteiger charge is -2.07. The zero-order valence-electron chi connectivity index (χ0n) is 10.3. The Kier molecular flexibility index (Phi) is 4.77. The lowest BCUT2D eigenvalue weighted by atomic mass is 10.2. The number of carboxylic acid groups (broad SMARTS) is 1. The van der Waals surface area contributed by atoms with E-state index in [1.165, 1.54) is 30.3 Å². The topological polar surface area (TPSA) is 83.5 Å². The number of hydrogen-bond donors (Lipinski definition) is 2. The van der Waals surface area contributed by atoms with Gasteiger partial charge in [-0.1, -0.05) is 15.9 Å². The summed E-state index contributed by atoms with van der Waals surface area (Å²) in [6, 6.07) is 6.38. The quantitative estimate of drug-likeness (QED) is 0.817. The lowest BCUT2D eigenvalue weighted by Crippen LogP contribution is -2.22. The molecule has 1 aromatic heterocycles. The summed E-state index contributed by atoms with van der Waals surface area (Å²) in [6.45, 7) is -0.110. The fourth-order valence-electron chi connectivity index (χ4n) is 1.50. The third-order valence-corrected chi connectivity index (χ3v) is 6.26. The highest BCUT2D eigenvalue weighted by molar-refractivity contribution is 9.10. The van der Waals surface area contributed by atoms with Gasteiger partial charge in [-0.25, -0.2) is 22.3 Å². The number of carboxylic acids is 1. The molecule has 9 heteroatoms. The number of hydrogen-bond acceptors (Lipinski definition) is 4. The molecule has 0 saturated heterocycles. The predicted molar refractivity (Wildman–Crippen MR) is 79.4 cm³/mol. The molecule has 0 atom stereocenters. The number of carbonyl (C=O) groups is 1. The van der Waals surface area contributed by atoms with Crippen LogP contribution in [0.3, 0.4) is 0 Å². The highest BCUT2D eigenvalue weighted by Gasteiger charge is 2.19. The number of rotatable bonds is 5. The van der Waals surface area contributed by atoms with Crippen LogP contribution in [0.25, 0.3) is 0 Å². The molecule has 0 radical (unpaired) electrons. The Morgan fingerprint density at radius 1 is 1.33 bits per heavy atom. The first-order valence-corrected chi connectivity index (χ1v) is 8.65. The zero-order chi connectivity index (χ0) is 15.6. The van der Waals surface area contributed by atoms with E-state index < -0.39 is 21.8 Å². The van der Waals surface area contributed by atoms with Crippen molar-refractivity contribution in [1.82, 2.24) is 4.72 Å². The number of aromatic carboxylic acids is 1. The van der Waals surface area contributed by atoms with Crippen LogP contribution in [0, 0.1) is 5.82 Å². The Morgan fingerprint density at radius 2 is 2.05 bits per heavy atom. The van der Waals surface area contributed by atoms with E-state index in [4.69, 9.17) is 5.11 Å². The highest BCUT2D eigenvalue weighted by Crippen LogP contribution is 2.23. The maximum atomic E-state index is 13.1. The van der Waals surface area contributed by atoms with Crippen LogP contribution in [0.15, 0.2) is 39.0 Å². The molecule has 2 N–H and O–H groups in total. The van der Waals surface area contributed by atoms with E-state index in [-0.39, 0.29) is 15.6 Å². The molecule has 0 unspecified atom stereocenters. The molecule has 0 saturated carbocycles. The summed E-state index contributed by atoms with van der Waals surface area (Å²) in [5.41, 5.74) is 0.439. The summed E-state index contributed by atoms with van der Waals surface area (Å²) in [5.74, 6) is -1.66. The van der Waals surface area contributed by atoms with Crippen molar-refractivity contribution in [2.45, 2.75) is 10.8 Å². The normalized spacial score (nSPS) is 11.5. The Morgan fingerprint density at radius 3 is 2.67 bits per heavy atom. The molecule has 0 spiro atoms. The fraction of sp³-hybridized carbons (Fsp3) is 0.0833. The van der Waals surface area contributed by atoms with Gasteiger partial charge in [-0.3, -0.25) is 0 Å². The second-order valence-electron chi connectivity index (χ2n) is 3.98. The number of sulfonamides is 1. The third kappa shape index (κ3) is 3.88. The summed E-state index contributed by atoms with van der Waals surface area (Å²) in [4.78, 5) is 10.7. The minimum atomic E-state index is -3.84. The monoisotopic (exact) mass is 393 g/mol. The van der Waals surface area contributed by atoms with Crippen LogP contribution in [-0.4, -0.2) is 19.5 Å². The lowest BCUT2D eigenvalue weighted by molar-refractivity contribution is 0.0702. The number of thiophene rings is 1. The molecule has 5 nitrogen and oxygen atoms in total.